The number of carbonyl (C=O) groups is 1. The van der Waals surface area contributed by atoms with E-state index in [1.54, 1.807) is 6.07 Å². The summed E-state index contributed by atoms with van der Waals surface area (Å²) < 4.78 is 0. The van der Waals surface area contributed by atoms with Crippen molar-refractivity contribution >= 4 is 40.7 Å². The van der Waals surface area contributed by atoms with Gasteiger partial charge >= 0.3 is 0 Å². The summed E-state index contributed by atoms with van der Waals surface area (Å²) in [6.07, 6.45) is 3.38. The van der Waals surface area contributed by atoms with Crippen molar-refractivity contribution in [2.75, 3.05) is 17.3 Å². The largest absolute Gasteiger partial charge is 0.369 e. The van der Waals surface area contributed by atoms with Crippen molar-refractivity contribution in [2.45, 2.75) is 31.7 Å². The molecule has 20 heavy (non-hydrogen) atoms. The van der Waals surface area contributed by atoms with Crippen molar-refractivity contribution in [3.63, 3.8) is 0 Å². The average molecular weight is 318 g/mol. The number of hydrazine groups is 1. The smallest absolute Gasteiger partial charge is 0.220 e. The van der Waals surface area contributed by atoms with Crippen molar-refractivity contribution < 1.29 is 4.79 Å². The summed E-state index contributed by atoms with van der Waals surface area (Å²) in [4.78, 5) is 15.6. The molecule has 1 aliphatic rings. The maximum Gasteiger partial charge on any atom is 0.220 e. The van der Waals surface area contributed by atoms with Crippen molar-refractivity contribution in [3.8, 4) is 0 Å². The standard InChI is InChI=1S/C12H17Cl2N5O/c13-8-6-9(14)12(19-15)18-11(8)16-5-1-2-10(20)17-7-3-4-7/h6-7H,1-5,15H2,(H,17,20)(H2,16,18,19). The van der Waals surface area contributed by atoms with Crippen LogP contribution in [-0.4, -0.2) is 23.5 Å². The zero-order chi connectivity index (χ0) is 14.5. The second-order valence-corrected chi connectivity index (χ2v) is 5.48. The molecule has 0 spiro atoms. The topological polar surface area (TPSA) is 92.1 Å². The molecule has 1 fully saturated rings. The van der Waals surface area contributed by atoms with Crippen molar-refractivity contribution in [1.82, 2.24) is 10.3 Å². The van der Waals surface area contributed by atoms with Gasteiger partial charge in [0.15, 0.2) is 5.82 Å². The SMILES string of the molecule is NNc1nc(NCCCC(=O)NC2CC2)c(Cl)cc1Cl. The van der Waals surface area contributed by atoms with Gasteiger partial charge in [0.2, 0.25) is 5.91 Å². The number of nitrogens with two attached hydrogens (primary N) is 1. The van der Waals surface area contributed by atoms with Gasteiger partial charge in [0.1, 0.15) is 5.82 Å². The van der Waals surface area contributed by atoms with Gasteiger partial charge in [-0.1, -0.05) is 23.2 Å². The van der Waals surface area contributed by atoms with Gasteiger partial charge in [-0.25, -0.2) is 10.8 Å². The third-order valence-corrected chi connectivity index (χ3v) is 3.46. The molecule has 1 saturated carbocycles. The number of nitrogen functional groups attached to an aromatic ring is 1. The van der Waals surface area contributed by atoms with Crippen LogP contribution < -0.4 is 21.9 Å². The number of aromatic nitrogens is 1. The Balaban J connectivity index is 1.76. The number of amides is 1. The fraction of sp³-hybridized carbons (Fsp3) is 0.500. The van der Waals surface area contributed by atoms with E-state index in [9.17, 15) is 4.79 Å². The highest BCUT2D eigenvalue weighted by Gasteiger charge is 2.22. The third kappa shape index (κ3) is 4.40. The molecule has 1 aliphatic carbocycles. The summed E-state index contributed by atoms with van der Waals surface area (Å²) in [5.74, 6) is 6.23. The summed E-state index contributed by atoms with van der Waals surface area (Å²) in [5, 5.41) is 6.77. The van der Waals surface area contributed by atoms with E-state index in [1.165, 1.54) is 0 Å². The van der Waals surface area contributed by atoms with E-state index in [2.05, 4.69) is 21.0 Å². The van der Waals surface area contributed by atoms with Gasteiger partial charge < -0.3 is 16.1 Å². The number of halogens is 2. The van der Waals surface area contributed by atoms with Crippen LogP contribution in [0, 0.1) is 0 Å². The van der Waals surface area contributed by atoms with Crippen LogP contribution in [0.3, 0.4) is 0 Å². The van der Waals surface area contributed by atoms with Crippen molar-refractivity contribution in [3.05, 3.63) is 16.1 Å². The second-order valence-electron chi connectivity index (χ2n) is 4.67. The van der Waals surface area contributed by atoms with Crippen LogP contribution in [0.2, 0.25) is 10.0 Å². The fourth-order valence-corrected chi connectivity index (χ4v) is 2.15. The second kappa shape index (κ2) is 6.97. The van der Waals surface area contributed by atoms with E-state index < -0.39 is 0 Å². The Morgan fingerprint density at radius 1 is 1.35 bits per heavy atom. The average Bonchev–Trinajstić information content (AvgIpc) is 3.20. The lowest BCUT2D eigenvalue weighted by Gasteiger charge is -2.10. The molecular formula is C12H17Cl2N5O. The fourth-order valence-electron chi connectivity index (χ4n) is 1.68. The highest BCUT2D eigenvalue weighted by molar-refractivity contribution is 6.37. The molecule has 110 valence electrons. The van der Waals surface area contributed by atoms with Crippen LogP contribution in [0.15, 0.2) is 6.07 Å². The molecule has 1 amide bonds. The van der Waals surface area contributed by atoms with E-state index in [0.717, 1.165) is 12.8 Å². The molecule has 0 aliphatic heterocycles. The van der Waals surface area contributed by atoms with Crippen molar-refractivity contribution in [1.29, 1.82) is 0 Å². The molecule has 1 aromatic heterocycles. The minimum atomic E-state index is 0.0915. The Bertz CT molecular complexity index is 493. The molecule has 0 bridgehead atoms. The number of hydrogen-bond donors (Lipinski definition) is 4. The summed E-state index contributed by atoms with van der Waals surface area (Å²) >= 11 is 11.9. The van der Waals surface area contributed by atoms with Gasteiger partial charge in [-0.3, -0.25) is 4.79 Å². The first-order chi connectivity index (χ1) is 9.60. The number of pyridine rings is 1. The first kappa shape index (κ1) is 15.2. The number of nitrogens with zero attached hydrogens (tertiary/aromatic N) is 1. The molecule has 0 atom stereocenters. The molecule has 6 nitrogen and oxygen atoms in total. The van der Waals surface area contributed by atoms with Crippen LogP contribution in [0.25, 0.3) is 0 Å². The molecule has 2 rings (SSSR count). The highest BCUT2D eigenvalue weighted by atomic mass is 35.5. The number of hydrogen-bond acceptors (Lipinski definition) is 5. The van der Waals surface area contributed by atoms with Gasteiger partial charge in [-0.2, -0.15) is 0 Å². The normalized spacial score (nSPS) is 13.9. The summed E-state index contributed by atoms with van der Waals surface area (Å²) in [6.45, 7) is 0.594. The first-order valence-corrected chi connectivity index (χ1v) is 7.21. The molecule has 0 aromatic carbocycles. The van der Waals surface area contributed by atoms with Crippen LogP contribution >= 0.6 is 23.2 Å². The molecule has 0 saturated heterocycles. The summed E-state index contributed by atoms with van der Waals surface area (Å²) in [5.41, 5.74) is 2.39. The highest BCUT2D eigenvalue weighted by Crippen LogP contribution is 2.28. The number of anilines is 2. The molecular weight excluding hydrogens is 301 g/mol. The van der Waals surface area contributed by atoms with Crippen LogP contribution in [0.1, 0.15) is 25.7 Å². The quantitative estimate of drug-likeness (QED) is 0.351. The number of nitrogens with one attached hydrogen (secondary N) is 3. The van der Waals surface area contributed by atoms with E-state index in [4.69, 9.17) is 29.0 Å². The minimum Gasteiger partial charge on any atom is -0.369 e. The lowest BCUT2D eigenvalue weighted by molar-refractivity contribution is -0.121. The molecule has 0 unspecified atom stereocenters. The number of carbonyl (C=O) groups excluding carboxylic acids is 1. The van der Waals surface area contributed by atoms with E-state index in [0.29, 0.717) is 47.1 Å². The third-order valence-electron chi connectivity index (χ3n) is 2.88. The molecule has 1 heterocycles. The molecule has 1 aromatic rings. The number of rotatable bonds is 7. The van der Waals surface area contributed by atoms with E-state index in [1.807, 2.05) is 0 Å². The predicted octanol–water partition coefficient (Wildman–Crippen LogP) is 2.14. The van der Waals surface area contributed by atoms with Gasteiger partial charge in [0, 0.05) is 19.0 Å². The Kier molecular flexibility index (Phi) is 5.28. The molecule has 8 heteroatoms. The zero-order valence-corrected chi connectivity index (χ0v) is 12.4. The Morgan fingerprint density at radius 2 is 2.05 bits per heavy atom. The van der Waals surface area contributed by atoms with Crippen molar-refractivity contribution in [2.24, 2.45) is 5.84 Å². The Hall–Kier alpha value is -1.24. The maximum absolute atomic E-state index is 11.5. The lowest BCUT2D eigenvalue weighted by atomic mass is 10.3. The maximum atomic E-state index is 11.5. The van der Waals surface area contributed by atoms with Crippen LogP contribution in [0.4, 0.5) is 11.6 Å². The lowest BCUT2D eigenvalue weighted by Crippen LogP contribution is -2.25. The zero-order valence-electron chi connectivity index (χ0n) is 10.9. The van der Waals surface area contributed by atoms with Gasteiger partial charge in [0.05, 0.1) is 10.0 Å². The van der Waals surface area contributed by atoms with Gasteiger partial charge in [0.25, 0.3) is 0 Å². The van der Waals surface area contributed by atoms with Gasteiger partial charge in [-0.15, -0.1) is 0 Å². The minimum absolute atomic E-state index is 0.0915. The van der Waals surface area contributed by atoms with E-state index in [-0.39, 0.29) is 5.91 Å². The monoisotopic (exact) mass is 317 g/mol. The Morgan fingerprint density at radius 3 is 2.70 bits per heavy atom. The summed E-state index contributed by atoms with van der Waals surface area (Å²) in [7, 11) is 0. The van der Waals surface area contributed by atoms with Crippen LogP contribution in [0.5, 0.6) is 0 Å². The predicted molar refractivity (Wildman–Crippen MR) is 81.0 cm³/mol. The molecule has 5 N–H and O–H groups in total. The van der Waals surface area contributed by atoms with Gasteiger partial charge in [-0.05, 0) is 25.3 Å². The Labute approximate surface area is 127 Å². The first-order valence-electron chi connectivity index (χ1n) is 6.46. The van der Waals surface area contributed by atoms with Crippen LogP contribution in [-0.2, 0) is 4.79 Å². The van der Waals surface area contributed by atoms with E-state index >= 15 is 0 Å². The molecule has 0 radical (unpaired) electrons. The summed E-state index contributed by atoms with van der Waals surface area (Å²) in [6, 6.07) is 1.97.